The van der Waals surface area contributed by atoms with E-state index >= 15 is 0 Å². The Bertz CT molecular complexity index is 1040. The minimum atomic E-state index is 0.703. The van der Waals surface area contributed by atoms with E-state index in [-0.39, 0.29) is 0 Å². The Hall–Kier alpha value is -2.73. The quantitative estimate of drug-likeness (QED) is 0.520. The van der Waals surface area contributed by atoms with Gasteiger partial charge >= 0.3 is 0 Å². The second-order valence-electron chi connectivity index (χ2n) is 5.80. The maximum Gasteiger partial charge on any atom is 0.196 e. The lowest BCUT2D eigenvalue weighted by Crippen LogP contribution is -2.00. The van der Waals surface area contributed by atoms with Crippen molar-refractivity contribution in [3.63, 3.8) is 0 Å². The predicted molar refractivity (Wildman–Crippen MR) is 99.9 cm³/mol. The molecule has 5 nitrogen and oxygen atoms in total. The molecular weight excluding hydrogens is 330 g/mol. The lowest BCUT2D eigenvalue weighted by atomic mass is 10.2. The molecule has 4 aromatic rings. The van der Waals surface area contributed by atoms with Crippen molar-refractivity contribution >= 4 is 22.8 Å². The van der Waals surface area contributed by atoms with E-state index in [4.69, 9.17) is 4.98 Å². The summed E-state index contributed by atoms with van der Waals surface area (Å²) in [4.78, 5) is 9.40. The SMILES string of the molecule is Cc1ccccc1-n1cnnc1SCc1nc2ccccc2nc1C. The number of fused-ring (bicyclic) bond motifs is 1. The molecule has 124 valence electrons. The molecule has 2 aromatic heterocycles. The van der Waals surface area contributed by atoms with Gasteiger partial charge < -0.3 is 0 Å². The van der Waals surface area contributed by atoms with Crippen molar-refractivity contribution < 1.29 is 0 Å². The van der Waals surface area contributed by atoms with Gasteiger partial charge in [0, 0.05) is 5.75 Å². The molecule has 0 aliphatic carbocycles. The van der Waals surface area contributed by atoms with Gasteiger partial charge in [0.15, 0.2) is 5.16 Å². The number of hydrogen-bond acceptors (Lipinski definition) is 5. The maximum atomic E-state index is 4.75. The zero-order valence-corrected chi connectivity index (χ0v) is 14.9. The van der Waals surface area contributed by atoms with Crippen LogP contribution in [-0.2, 0) is 5.75 Å². The van der Waals surface area contributed by atoms with Crippen molar-refractivity contribution in [1.82, 2.24) is 24.7 Å². The van der Waals surface area contributed by atoms with Gasteiger partial charge in [0.25, 0.3) is 0 Å². The first-order chi connectivity index (χ1) is 12.2. The van der Waals surface area contributed by atoms with Crippen LogP contribution in [0.3, 0.4) is 0 Å². The van der Waals surface area contributed by atoms with E-state index in [1.54, 1.807) is 18.1 Å². The number of aromatic nitrogens is 5. The molecule has 0 radical (unpaired) electrons. The van der Waals surface area contributed by atoms with Gasteiger partial charge in [-0.15, -0.1) is 10.2 Å². The molecule has 0 saturated heterocycles. The first-order valence-electron chi connectivity index (χ1n) is 8.03. The molecule has 0 saturated carbocycles. The highest BCUT2D eigenvalue weighted by atomic mass is 32.2. The van der Waals surface area contributed by atoms with Crippen LogP contribution in [-0.4, -0.2) is 24.7 Å². The molecule has 2 aromatic carbocycles. The monoisotopic (exact) mass is 347 g/mol. The molecule has 0 atom stereocenters. The van der Waals surface area contributed by atoms with Crippen LogP contribution >= 0.6 is 11.8 Å². The summed E-state index contributed by atoms with van der Waals surface area (Å²) >= 11 is 1.62. The van der Waals surface area contributed by atoms with Crippen LogP contribution in [0.4, 0.5) is 0 Å². The Balaban J connectivity index is 1.62. The fraction of sp³-hybridized carbons (Fsp3) is 0.158. The molecule has 0 fully saturated rings. The van der Waals surface area contributed by atoms with Crippen LogP contribution in [0.2, 0.25) is 0 Å². The van der Waals surface area contributed by atoms with Crippen molar-refractivity contribution in [1.29, 1.82) is 0 Å². The summed E-state index contributed by atoms with van der Waals surface area (Å²) in [5, 5.41) is 9.20. The Morgan fingerprint density at radius 3 is 2.44 bits per heavy atom. The van der Waals surface area contributed by atoms with Crippen molar-refractivity contribution in [2.45, 2.75) is 24.8 Å². The van der Waals surface area contributed by atoms with E-state index < -0.39 is 0 Å². The first kappa shape index (κ1) is 15.8. The number of thioether (sulfide) groups is 1. The van der Waals surface area contributed by atoms with Gasteiger partial charge in [-0.25, -0.2) is 9.97 Å². The van der Waals surface area contributed by atoms with E-state index in [1.807, 2.05) is 47.9 Å². The molecule has 4 rings (SSSR count). The standard InChI is InChI=1S/C19H17N5S/c1-13-7-3-6-10-18(13)24-12-20-23-19(24)25-11-17-14(2)21-15-8-4-5-9-16(15)22-17/h3-10,12H,11H2,1-2H3. The minimum absolute atomic E-state index is 0.703. The third-order valence-corrected chi connectivity index (χ3v) is 5.03. The topological polar surface area (TPSA) is 56.5 Å². The number of aryl methyl sites for hydroxylation is 2. The van der Waals surface area contributed by atoms with E-state index in [1.165, 1.54) is 5.56 Å². The largest absolute Gasteiger partial charge is 0.276 e. The second kappa shape index (κ2) is 6.64. The molecule has 0 bridgehead atoms. The third kappa shape index (κ3) is 3.13. The Labute approximate surface area is 150 Å². The highest BCUT2D eigenvalue weighted by molar-refractivity contribution is 7.98. The number of hydrogen-bond donors (Lipinski definition) is 0. The van der Waals surface area contributed by atoms with Gasteiger partial charge in [0.2, 0.25) is 0 Å². The van der Waals surface area contributed by atoms with Crippen LogP contribution in [0.1, 0.15) is 17.0 Å². The maximum absolute atomic E-state index is 4.75. The molecule has 0 unspecified atom stereocenters. The Morgan fingerprint density at radius 1 is 0.920 bits per heavy atom. The molecule has 0 amide bonds. The molecule has 6 heteroatoms. The van der Waals surface area contributed by atoms with Gasteiger partial charge in [0.1, 0.15) is 6.33 Å². The summed E-state index contributed by atoms with van der Waals surface area (Å²) in [6.45, 7) is 4.09. The van der Waals surface area contributed by atoms with Crippen molar-refractivity contribution in [3.8, 4) is 5.69 Å². The van der Waals surface area contributed by atoms with Crippen LogP contribution in [0.15, 0.2) is 60.0 Å². The van der Waals surface area contributed by atoms with Crippen LogP contribution in [0.5, 0.6) is 0 Å². The second-order valence-corrected chi connectivity index (χ2v) is 6.75. The predicted octanol–water partition coefficient (Wildman–Crippen LogP) is 4.12. The Kier molecular flexibility index (Phi) is 4.19. The number of nitrogens with zero attached hydrogens (tertiary/aromatic N) is 5. The summed E-state index contributed by atoms with van der Waals surface area (Å²) < 4.78 is 2.02. The summed E-state index contributed by atoms with van der Waals surface area (Å²) in [5.41, 5.74) is 6.05. The average Bonchev–Trinajstić information content (AvgIpc) is 3.08. The zero-order valence-electron chi connectivity index (χ0n) is 14.0. The molecule has 2 heterocycles. The van der Waals surface area contributed by atoms with Crippen molar-refractivity contribution in [2.75, 3.05) is 0 Å². The van der Waals surface area contributed by atoms with E-state index in [2.05, 4.69) is 34.2 Å². The van der Waals surface area contributed by atoms with E-state index in [9.17, 15) is 0 Å². The molecule has 0 aliphatic rings. The molecular formula is C19H17N5S. The zero-order chi connectivity index (χ0) is 17.2. The highest BCUT2D eigenvalue weighted by Crippen LogP contribution is 2.25. The number of rotatable bonds is 4. The third-order valence-electron chi connectivity index (χ3n) is 4.07. The van der Waals surface area contributed by atoms with Gasteiger partial charge in [-0.2, -0.15) is 0 Å². The number of benzene rings is 2. The van der Waals surface area contributed by atoms with E-state index in [0.29, 0.717) is 5.75 Å². The van der Waals surface area contributed by atoms with Crippen molar-refractivity contribution in [3.05, 3.63) is 71.8 Å². The summed E-state index contributed by atoms with van der Waals surface area (Å²) in [5.74, 6) is 0.703. The lowest BCUT2D eigenvalue weighted by molar-refractivity contribution is 0.876. The van der Waals surface area contributed by atoms with Gasteiger partial charge in [-0.05, 0) is 37.6 Å². The molecule has 0 spiro atoms. The summed E-state index contributed by atoms with van der Waals surface area (Å²) in [6, 6.07) is 16.2. The van der Waals surface area contributed by atoms with Gasteiger partial charge in [0.05, 0.1) is 28.1 Å². The average molecular weight is 347 g/mol. The Morgan fingerprint density at radius 2 is 1.64 bits per heavy atom. The number of para-hydroxylation sites is 3. The summed E-state index contributed by atoms with van der Waals surface area (Å²) in [6.07, 6.45) is 1.75. The minimum Gasteiger partial charge on any atom is -0.276 e. The first-order valence-corrected chi connectivity index (χ1v) is 9.02. The highest BCUT2D eigenvalue weighted by Gasteiger charge is 2.11. The summed E-state index contributed by atoms with van der Waals surface area (Å²) in [7, 11) is 0. The fourth-order valence-corrected chi connectivity index (χ4v) is 3.64. The van der Waals surface area contributed by atoms with Crippen molar-refractivity contribution in [2.24, 2.45) is 0 Å². The van der Waals surface area contributed by atoms with Crippen LogP contribution < -0.4 is 0 Å². The van der Waals surface area contributed by atoms with Crippen LogP contribution in [0.25, 0.3) is 16.7 Å². The fourth-order valence-electron chi connectivity index (χ4n) is 2.72. The smallest absolute Gasteiger partial charge is 0.196 e. The van der Waals surface area contributed by atoms with Crippen LogP contribution in [0, 0.1) is 13.8 Å². The normalized spacial score (nSPS) is 11.1. The molecule has 25 heavy (non-hydrogen) atoms. The van der Waals surface area contributed by atoms with Gasteiger partial charge in [-0.3, -0.25) is 4.57 Å². The molecule has 0 aliphatic heterocycles. The van der Waals surface area contributed by atoms with Gasteiger partial charge in [-0.1, -0.05) is 42.1 Å². The molecule has 0 N–H and O–H groups in total. The lowest BCUT2D eigenvalue weighted by Gasteiger charge is -2.10. The van der Waals surface area contributed by atoms with E-state index in [0.717, 1.165) is 33.3 Å².